The first-order valence-electron chi connectivity index (χ1n) is 8.42. The number of carbonyl (C=O) groups excluding carboxylic acids is 1. The molecule has 0 heterocycles. The van der Waals surface area contributed by atoms with Gasteiger partial charge >= 0.3 is 12.0 Å². The quantitative estimate of drug-likeness (QED) is 0.688. The highest BCUT2D eigenvalue weighted by atomic mass is 16.4. The summed E-state index contributed by atoms with van der Waals surface area (Å²) >= 11 is 0. The molecule has 0 aliphatic heterocycles. The maximum absolute atomic E-state index is 12.3. The molecule has 2 amide bonds. The molecular formula is C20H24N2O3. The zero-order valence-electron chi connectivity index (χ0n) is 14.3. The SMILES string of the molecule is C[C@@H](NC(=O)NC(CCC(=O)O)Cc1ccccc1)c1ccccc1. The van der Waals surface area contributed by atoms with Gasteiger partial charge in [0.05, 0.1) is 6.04 Å². The van der Waals surface area contributed by atoms with Gasteiger partial charge in [0, 0.05) is 12.5 Å². The maximum atomic E-state index is 12.3. The highest BCUT2D eigenvalue weighted by molar-refractivity contribution is 5.75. The number of rotatable bonds is 8. The average molecular weight is 340 g/mol. The largest absolute Gasteiger partial charge is 0.481 e. The van der Waals surface area contributed by atoms with Crippen LogP contribution in [-0.4, -0.2) is 23.1 Å². The molecule has 0 spiro atoms. The third kappa shape index (κ3) is 6.67. The van der Waals surface area contributed by atoms with E-state index in [0.717, 1.165) is 11.1 Å². The summed E-state index contributed by atoms with van der Waals surface area (Å²) in [6, 6.07) is 18.8. The molecule has 2 atom stereocenters. The van der Waals surface area contributed by atoms with Crippen LogP contribution in [0.1, 0.15) is 36.9 Å². The maximum Gasteiger partial charge on any atom is 0.315 e. The van der Waals surface area contributed by atoms with Gasteiger partial charge in [-0.2, -0.15) is 0 Å². The van der Waals surface area contributed by atoms with E-state index in [1.165, 1.54) is 0 Å². The van der Waals surface area contributed by atoms with Crippen molar-refractivity contribution in [2.24, 2.45) is 0 Å². The number of nitrogens with one attached hydrogen (secondary N) is 2. The van der Waals surface area contributed by atoms with Gasteiger partial charge in [-0.1, -0.05) is 60.7 Å². The van der Waals surface area contributed by atoms with E-state index in [9.17, 15) is 9.59 Å². The Hall–Kier alpha value is -2.82. The van der Waals surface area contributed by atoms with Crippen molar-refractivity contribution in [3.63, 3.8) is 0 Å². The second-order valence-corrected chi connectivity index (χ2v) is 6.07. The fourth-order valence-electron chi connectivity index (χ4n) is 2.67. The molecule has 0 bridgehead atoms. The minimum Gasteiger partial charge on any atom is -0.481 e. The molecule has 0 aliphatic rings. The molecule has 2 aromatic carbocycles. The molecule has 0 saturated heterocycles. The summed E-state index contributed by atoms with van der Waals surface area (Å²) in [6.07, 6.45) is 1.00. The van der Waals surface area contributed by atoms with Crippen molar-refractivity contribution in [3.05, 3.63) is 71.8 Å². The Morgan fingerprint density at radius 2 is 1.56 bits per heavy atom. The molecular weight excluding hydrogens is 316 g/mol. The van der Waals surface area contributed by atoms with Crippen molar-refractivity contribution >= 4 is 12.0 Å². The van der Waals surface area contributed by atoms with E-state index in [0.29, 0.717) is 12.8 Å². The van der Waals surface area contributed by atoms with Crippen LogP contribution in [0.5, 0.6) is 0 Å². The topological polar surface area (TPSA) is 78.4 Å². The summed E-state index contributed by atoms with van der Waals surface area (Å²) in [5.74, 6) is -0.863. The van der Waals surface area contributed by atoms with Gasteiger partial charge in [0.2, 0.25) is 0 Å². The van der Waals surface area contributed by atoms with Crippen molar-refractivity contribution in [2.75, 3.05) is 0 Å². The number of carboxylic acids is 1. The minimum atomic E-state index is -0.863. The zero-order valence-corrected chi connectivity index (χ0v) is 14.3. The number of aliphatic carboxylic acids is 1. The van der Waals surface area contributed by atoms with E-state index >= 15 is 0 Å². The van der Waals surface area contributed by atoms with Crippen LogP contribution in [-0.2, 0) is 11.2 Å². The van der Waals surface area contributed by atoms with Gasteiger partial charge in [0.15, 0.2) is 0 Å². The molecule has 0 saturated carbocycles. The molecule has 5 heteroatoms. The number of hydrogen-bond donors (Lipinski definition) is 3. The van der Waals surface area contributed by atoms with Gasteiger partial charge in [-0.05, 0) is 30.9 Å². The lowest BCUT2D eigenvalue weighted by Gasteiger charge is -2.21. The molecule has 0 aliphatic carbocycles. The van der Waals surface area contributed by atoms with E-state index in [1.54, 1.807) is 0 Å². The number of carbonyl (C=O) groups is 2. The van der Waals surface area contributed by atoms with Gasteiger partial charge < -0.3 is 15.7 Å². The van der Waals surface area contributed by atoms with E-state index in [2.05, 4.69) is 10.6 Å². The Bertz CT molecular complexity index is 674. The number of amides is 2. The van der Waals surface area contributed by atoms with Crippen molar-refractivity contribution in [1.82, 2.24) is 10.6 Å². The second-order valence-electron chi connectivity index (χ2n) is 6.07. The van der Waals surface area contributed by atoms with Gasteiger partial charge in [-0.25, -0.2) is 4.79 Å². The highest BCUT2D eigenvalue weighted by Crippen LogP contribution is 2.12. The molecule has 0 aromatic heterocycles. The third-order valence-corrected chi connectivity index (χ3v) is 4.01. The van der Waals surface area contributed by atoms with Gasteiger partial charge in [-0.15, -0.1) is 0 Å². The molecule has 1 unspecified atom stereocenters. The number of hydrogen-bond acceptors (Lipinski definition) is 2. The first-order chi connectivity index (χ1) is 12.0. The predicted molar refractivity (Wildman–Crippen MR) is 97.3 cm³/mol. The van der Waals surface area contributed by atoms with Crippen molar-refractivity contribution in [1.29, 1.82) is 0 Å². The Morgan fingerprint density at radius 3 is 2.16 bits per heavy atom. The highest BCUT2D eigenvalue weighted by Gasteiger charge is 2.16. The number of benzene rings is 2. The lowest BCUT2D eigenvalue weighted by Crippen LogP contribution is -2.44. The smallest absolute Gasteiger partial charge is 0.315 e. The van der Waals surface area contributed by atoms with Crippen LogP contribution in [0.4, 0.5) is 4.79 Å². The molecule has 0 radical (unpaired) electrons. The molecule has 3 N–H and O–H groups in total. The fourth-order valence-corrected chi connectivity index (χ4v) is 2.67. The Morgan fingerprint density at radius 1 is 0.960 bits per heavy atom. The van der Waals surface area contributed by atoms with Crippen LogP contribution >= 0.6 is 0 Å². The van der Waals surface area contributed by atoms with Gasteiger partial charge in [0.25, 0.3) is 0 Å². The average Bonchev–Trinajstić information content (AvgIpc) is 2.61. The van der Waals surface area contributed by atoms with E-state index in [-0.39, 0.29) is 24.5 Å². The molecule has 2 aromatic rings. The summed E-state index contributed by atoms with van der Waals surface area (Å²) in [5.41, 5.74) is 2.08. The van der Waals surface area contributed by atoms with Crippen LogP contribution in [0.2, 0.25) is 0 Å². The predicted octanol–water partition coefficient (Wildman–Crippen LogP) is 3.52. The van der Waals surface area contributed by atoms with Crippen molar-refractivity contribution in [3.8, 4) is 0 Å². The van der Waals surface area contributed by atoms with Crippen LogP contribution < -0.4 is 10.6 Å². The first-order valence-corrected chi connectivity index (χ1v) is 8.42. The molecule has 2 rings (SSSR count). The Kier molecular flexibility index (Phi) is 7.01. The lowest BCUT2D eigenvalue weighted by atomic mass is 10.0. The van der Waals surface area contributed by atoms with Crippen LogP contribution in [0.3, 0.4) is 0 Å². The minimum absolute atomic E-state index is 0.0199. The monoisotopic (exact) mass is 340 g/mol. The number of carboxylic acid groups (broad SMARTS) is 1. The lowest BCUT2D eigenvalue weighted by molar-refractivity contribution is -0.137. The van der Waals surface area contributed by atoms with E-state index in [4.69, 9.17) is 5.11 Å². The zero-order chi connectivity index (χ0) is 18.1. The summed E-state index contributed by atoms with van der Waals surface area (Å²) in [6.45, 7) is 1.92. The molecule has 25 heavy (non-hydrogen) atoms. The summed E-state index contributed by atoms with van der Waals surface area (Å²) < 4.78 is 0. The fraction of sp³-hybridized carbons (Fsp3) is 0.300. The molecule has 5 nitrogen and oxygen atoms in total. The standard InChI is InChI=1S/C20H24N2O3/c1-15(17-10-6-3-7-11-17)21-20(25)22-18(12-13-19(23)24)14-16-8-4-2-5-9-16/h2-11,15,18H,12-14H2,1H3,(H,23,24)(H2,21,22,25)/t15-,18?/m1/s1. The van der Waals surface area contributed by atoms with Crippen molar-refractivity contribution in [2.45, 2.75) is 38.3 Å². The summed E-state index contributed by atoms with van der Waals surface area (Å²) in [5, 5.41) is 14.7. The first kappa shape index (κ1) is 18.5. The van der Waals surface area contributed by atoms with Gasteiger partial charge in [-0.3, -0.25) is 4.79 Å². The van der Waals surface area contributed by atoms with Crippen LogP contribution in [0.25, 0.3) is 0 Å². The Labute approximate surface area is 148 Å². The van der Waals surface area contributed by atoms with Crippen LogP contribution in [0, 0.1) is 0 Å². The normalized spacial score (nSPS) is 12.8. The Balaban J connectivity index is 1.94. The van der Waals surface area contributed by atoms with Gasteiger partial charge in [0.1, 0.15) is 0 Å². The van der Waals surface area contributed by atoms with Crippen molar-refractivity contribution < 1.29 is 14.7 Å². The second kappa shape index (κ2) is 9.47. The van der Waals surface area contributed by atoms with E-state index in [1.807, 2.05) is 67.6 Å². The molecule has 132 valence electrons. The molecule has 0 fully saturated rings. The van der Waals surface area contributed by atoms with E-state index < -0.39 is 5.97 Å². The number of urea groups is 1. The summed E-state index contributed by atoms with van der Waals surface area (Å²) in [4.78, 5) is 23.2. The summed E-state index contributed by atoms with van der Waals surface area (Å²) in [7, 11) is 0. The van der Waals surface area contributed by atoms with Crippen LogP contribution in [0.15, 0.2) is 60.7 Å². The third-order valence-electron chi connectivity index (χ3n) is 4.01.